The lowest BCUT2D eigenvalue weighted by atomic mass is 10.0. The average Bonchev–Trinajstić information content (AvgIpc) is 4.04. The first-order chi connectivity index (χ1) is 26.3. The molecule has 2 aliphatic rings. The van der Waals surface area contributed by atoms with Crippen molar-refractivity contribution in [2.24, 2.45) is 0 Å². The van der Waals surface area contributed by atoms with E-state index in [1.807, 2.05) is 22.2 Å². The number of hydrogen-bond donors (Lipinski definition) is 2. The lowest BCUT2D eigenvalue weighted by molar-refractivity contribution is -0.138. The van der Waals surface area contributed by atoms with E-state index in [9.17, 15) is 9.59 Å². The second-order valence-electron chi connectivity index (χ2n) is 15.3. The Hall–Kier alpha value is -4.28. The van der Waals surface area contributed by atoms with Crippen LogP contribution in [0.4, 0.5) is 0 Å². The van der Waals surface area contributed by atoms with E-state index in [0.717, 1.165) is 136 Å². The van der Waals surface area contributed by atoms with Gasteiger partial charge in [0, 0.05) is 13.1 Å². The van der Waals surface area contributed by atoms with Gasteiger partial charge in [0.25, 0.3) is 0 Å². The van der Waals surface area contributed by atoms with Crippen molar-refractivity contribution in [2.75, 3.05) is 39.3 Å². The zero-order chi connectivity index (χ0) is 38.2. The van der Waals surface area contributed by atoms with Gasteiger partial charge in [-0.2, -0.15) is 0 Å². The van der Waals surface area contributed by atoms with Gasteiger partial charge >= 0.3 is 0 Å². The lowest BCUT2D eigenvalue weighted by Gasteiger charge is -2.33. The number of amides is 2. The number of nitrogens with one attached hydrogen (secondary N) is 2. The summed E-state index contributed by atoms with van der Waals surface area (Å²) >= 11 is 0. The van der Waals surface area contributed by atoms with Crippen molar-refractivity contribution >= 4 is 11.8 Å². The van der Waals surface area contributed by atoms with Gasteiger partial charge in [-0.05, 0) is 114 Å². The molecule has 290 valence electrons. The molecule has 2 fully saturated rings. The largest absolute Gasteiger partial charge is 0.340 e. The number of rotatable bonds is 17. The molecule has 2 saturated heterocycles. The normalized spacial score (nSPS) is 18.6. The Balaban J connectivity index is 1.09. The fourth-order valence-corrected chi connectivity index (χ4v) is 8.56. The number of aromatic nitrogens is 4. The van der Waals surface area contributed by atoms with E-state index in [1.165, 1.54) is 0 Å². The summed E-state index contributed by atoms with van der Waals surface area (Å²) in [5, 5.41) is 0. The monoisotopic (exact) mass is 734 g/mol. The molecule has 4 atom stereocenters. The molecule has 0 aliphatic carbocycles. The van der Waals surface area contributed by atoms with Crippen LogP contribution < -0.4 is 0 Å². The van der Waals surface area contributed by atoms with Crippen LogP contribution in [0.3, 0.4) is 0 Å². The molecule has 54 heavy (non-hydrogen) atoms. The summed E-state index contributed by atoms with van der Waals surface area (Å²) in [4.78, 5) is 52.7. The maximum Gasteiger partial charge on any atom is 0.240 e. The summed E-state index contributed by atoms with van der Waals surface area (Å²) in [6, 6.07) is 16.8. The molecule has 2 aliphatic heterocycles. The van der Waals surface area contributed by atoms with Crippen LogP contribution in [0, 0.1) is 0 Å². The summed E-state index contributed by atoms with van der Waals surface area (Å²) in [6.45, 7) is 18.1. The van der Waals surface area contributed by atoms with Crippen LogP contribution >= 0.6 is 0 Å². The number of hydrogen-bond acceptors (Lipinski definition) is 6. The first-order valence-corrected chi connectivity index (χ1v) is 20.7. The van der Waals surface area contributed by atoms with Gasteiger partial charge < -0.3 is 19.8 Å². The van der Waals surface area contributed by atoms with Crippen LogP contribution in [-0.2, 0) is 9.59 Å². The molecule has 0 spiro atoms. The number of imidazole rings is 2. The van der Waals surface area contributed by atoms with E-state index >= 15 is 0 Å². The summed E-state index contributed by atoms with van der Waals surface area (Å²) in [7, 11) is 0. The molecule has 2 aromatic carbocycles. The topological polar surface area (TPSA) is 104 Å². The third-order valence-electron chi connectivity index (χ3n) is 11.5. The number of likely N-dealkylation sites (tertiary alicyclic amines) is 2. The molecular formula is C44H62N8O2. The first kappa shape index (κ1) is 39.4. The van der Waals surface area contributed by atoms with Crippen molar-refractivity contribution in [1.82, 2.24) is 39.5 Å². The zero-order valence-electron chi connectivity index (χ0n) is 33.5. The van der Waals surface area contributed by atoms with Crippen LogP contribution in [0.1, 0.15) is 117 Å². The second kappa shape index (κ2) is 18.4. The van der Waals surface area contributed by atoms with Crippen LogP contribution in [0.2, 0.25) is 0 Å². The van der Waals surface area contributed by atoms with Crippen LogP contribution in [-0.4, -0.2) is 103 Å². The van der Waals surface area contributed by atoms with Gasteiger partial charge in [0.05, 0.1) is 47.9 Å². The summed E-state index contributed by atoms with van der Waals surface area (Å²) in [5.41, 5.74) is 6.33. The van der Waals surface area contributed by atoms with Gasteiger partial charge in [-0.25, -0.2) is 9.97 Å². The number of nitrogens with zero attached hydrogens (tertiary/aromatic N) is 6. The highest BCUT2D eigenvalue weighted by Crippen LogP contribution is 2.35. The Morgan fingerprint density at radius 1 is 0.611 bits per heavy atom. The van der Waals surface area contributed by atoms with Crippen LogP contribution in [0.5, 0.6) is 0 Å². The van der Waals surface area contributed by atoms with E-state index in [-0.39, 0.29) is 36.0 Å². The molecule has 0 unspecified atom stereocenters. The fourth-order valence-electron chi connectivity index (χ4n) is 8.56. The van der Waals surface area contributed by atoms with Gasteiger partial charge in [0.2, 0.25) is 11.8 Å². The molecule has 0 radical (unpaired) electrons. The van der Waals surface area contributed by atoms with Crippen LogP contribution in [0.25, 0.3) is 33.6 Å². The van der Waals surface area contributed by atoms with E-state index in [1.54, 1.807) is 0 Å². The van der Waals surface area contributed by atoms with E-state index in [2.05, 4.69) is 110 Å². The summed E-state index contributed by atoms with van der Waals surface area (Å²) in [5.74, 6) is 2.16. The molecule has 0 bridgehead atoms. The maximum absolute atomic E-state index is 13.7. The van der Waals surface area contributed by atoms with Crippen LogP contribution in [0.15, 0.2) is 60.9 Å². The molecule has 4 aromatic rings. The molecule has 6 rings (SSSR count). The average molecular weight is 735 g/mol. The predicted octanol–water partition coefficient (Wildman–Crippen LogP) is 8.48. The van der Waals surface area contributed by atoms with Crippen molar-refractivity contribution in [2.45, 2.75) is 117 Å². The molecule has 2 N–H and O–H groups in total. The molecule has 4 heterocycles. The molecule has 2 amide bonds. The maximum atomic E-state index is 13.7. The Morgan fingerprint density at radius 2 is 0.944 bits per heavy atom. The predicted molar refractivity (Wildman–Crippen MR) is 218 cm³/mol. The van der Waals surface area contributed by atoms with Gasteiger partial charge in [0.15, 0.2) is 0 Å². The van der Waals surface area contributed by atoms with Crippen molar-refractivity contribution < 1.29 is 9.59 Å². The highest BCUT2D eigenvalue weighted by Gasteiger charge is 2.37. The number of benzene rings is 2. The number of H-pyrrole nitrogens is 2. The lowest BCUT2D eigenvalue weighted by Crippen LogP contribution is -2.47. The Kier molecular flexibility index (Phi) is 13.4. The number of carbonyl (C=O) groups is 2. The first-order valence-electron chi connectivity index (χ1n) is 20.7. The SMILES string of the molecule is CCCN(CCC)[C@H](C)C(=O)N1CCC[C@H]1c1ncc(-c2ccc(-c3ccc(-c4cnc([C@@H]5CCCN5C(=O)[C@@H](C)N(CCC)CCC)[nH]4)cc3)cc2)[nH]1. The third kappa shape index (κ3) is 8.65. The number of carbonyl (C=O) groups excluding carboxylic acids is 2. The van der Waals surface area contributed by atoms with Gasteiger partial charge in [-0.1, -0.05) is 76.2 Å². The standard InChI is InChI=1S/C44H62N8O2/c1-7-23-49(24-8-2)31(5)43(53)51-27-11-13-39(51)41-45-29-37(47-41)35-19-15-33(16-20-35)34-17-21-36(22-18-34)38-30-46-42(48-38)40-14-12-28-52(40)44(54)32(6)50(25-9-3)26-10-4/h15-22,29-32,39-40H,7-14,23-28H2,1-6H3,(H,45,47)(H,46,48)/t31-,32-,39+,40+/m1/s1. The Labute approximate surface area is 322 Å². The molecule has 10 heteroatoms. The van der Waals surface area contributed by atoms with Gasteiger partial charge in [0.1, 0.15) is 11.6 Å². The summed E-state index contributed by atoms with van der Waals surface area (Å²) < 4.78 is 0. The van der Waals surface area contributed by atoms with Crippen molar-refractivity contribution in [3.05, 3.63) is 72.6 Å². The smallest absolute Gasteiger partial charge is 0.240 e. The molecule has 2 aromatic heterocycles. The van der Waals surface area contributed by atoms with E-state index < -0.39 is 0 Å². The number of aromatic amines is 2. The van der Waals surface area contributed by atoms with Crippen molar-refractivity contribution in [1.29, 1.82) is 0 Å². The quantitative estimate of drug-likeness (QED) is 0.113. The molecule has 0 saturated carbocycles. The van der Waals surface area contributed by atoms with Crippen molar-refractivity contribution in [3.8, 4) is 33.6 Å². The van der Waals surface area contributed by atoms with E-state index in [4.69, 9.17) is 9.97 Å². The minimum atomic E-state index is -0.125. The van der Waals surface area contributed by atoms with Gasteiger partial charge in [-0.3, -0.25) is 19.4 Å². The third-order valence-corrected chi connectivity index (χ3v) is 11.5. The second-order valence-corrected chi connectivity index (χ2v) is 15.3. The highest BCUT2D eigenvalue weighted by atomic mass is 16.2. The van der Waals surface area contributed by atoms with E-state index in [0.29, 0.717) is 0 Å². The fraction of sp³-hybridized carbons (Fsp3) is 0.545. The zero-order valence-corrected chi connectivity index (χ0v) is 33.5. The van der Waals surface area contributed by atoms with Gasteiger partial charge in [-0.15, -0.1) is 0 Å². The highest BCUT2D eigenvalue weighted by molar-refractivity contribution is 5.83. The van der Waals surface area contributed by atoms with Crippen molar-refractivity contribution in [3.63, 3.8) is 0 Å². The minimum absolute atomic E-state index is 0.0158. The minimum Gasteiger partial charge on any atom is -0.340 e. The summed E-state index contributed by atoms with van der Waals surface area (Å²) in [6.07, 6.45) is 11.8. The molecular weight excluding hydrogens is 673 g/mol. The Morgan fingerprint density at radius 3 is 1.28 bits per heavy atom. The molecule has 10 nitrogen and oxygen atoms in total. The Bertz CT molecular complexity index is 1650.